The van der Waals surface area contributed by atoms with Gasteiger partial charge in [0.2, 0.25) is 0 Å². The van der Waals surface area contributed by atoms with Crippen LogP contribution >= 0.6 is 0 Å². The van der Waals surface area contributed by atoms with Gasteiger partial charge in [0.25, 0.3) is 0 Å². The van der Waals surface area contributed by atoms with Crippen LogP contribution in [0.5, 0.6) is 11.5 Å². The van der Waals surface area contributed by atoms with Gasteiger partial charge in [0.05, 0.1) is 7.11 Å². The first-order valence-corrected chi connectivity index (χ1v) is 12.6. The Bertz CT molecular complexity index is 1150. The maximum Gasteiger partial charge on any atom is 0.340 e. The smallest absolute Gasteiger partial charge is 0.340 e. The Labute approximate surface area is 217 Å². The van der Waals surface area contributed by atoms with Crippen LogP contribution < -0.4 is 4.74 Å². The van der Waals surface area contributed by atoms with E-state index in [1.165, 1.54) is 26.4 Å². The van der Waals surface area contributed by atoms with E-state index < -0.39 is 18.2 Å². The molecule has 0 saturated carbocycles. The Hall–Kier alpha value is -3.42. The van der Waals surface area contributed by atoms with Crippen LogP contribution in [0.25, 0.3) is 0 Å². The van der Waals surface area contributed by atoms with Crippen molar-refractivity contribution < 1.29 is 28.5 Å². The van der Waals surface area contributed by atoms with Crippen LogP contribution in [0.3, 0.4) is 0 Å². The zero-order valence-electron chi connectivity index (χ0n) is 21.3. The van der Waals surface area contributed by atoms with Gasteiger partial charge in [0, 0.05) is 25.1 Å². The molecule has 0 aromatic heterocycles. The number of phenolic OH excluding ortho intramolecular Hbond substituents is 1. The number of piperidine rings is 1. The van der Waals surface area contributed by atoms with Crippen LogP contribution in [0, 0.1) is 11.7 Å². The van der Waals surface area contributed by atoms with Crippen molar-refractivity contribution in [3.8, 4) is 11.5 Å². The average Bonchev–Trinajstić information content (AvgIpc) is 2.93. The maximum absolute atomic E-state index is 13.3. The van der Waals surface area contributed by atoms with Gasteiger partial charge in [-0.15, -0.1) is 0 Å². The molecule has 1 saturated heterocycles. The molecule has 6 nitrogen and oxygen atoms in total. The molecule has 1 N–H and O–H groups in total. The molecule has 196 valence electrons. The van der Waals surface area contributed by atoms with Gasteiger partial charge in [0.15, 0.2) is 17.6 Å². The lowest BCUT2D eigenvalue weighted by Crippen LogP contribution is -2.38. The second kappa shape index (κ2) is 12.7. The van der Waals surface area contributed by atoms with Gasteiger partial charge in [-0.3, -0.25) is 0 Å². The molecule has 0 amide bonds. The second-order valence-electron chi connectivity index (χ2n) is 9.34. The number of halogens is 1. The zero-order chi connectivity index (χ0) is 26.2. The SMILES string of the molecule is COc1c(O)cccc1C(OC(=O)[C@@H](OC)c1ccccc1)C1CCN(CCc2ccc(F)cc2)CC1. The van der Waals surface area contributed by atoms with Crippen molar-refractivity contribution in [2.75, 3.05) is 33.9 Å². The molecule has 3 aromatic rings. The third-order valence-electron chi connectivity index (χ3n) is 7.02. The van der Waals surface area contributed by atoms with Gasteiger partial charge in [-0.1, -0.05) is 54.6 Å². The van der Waals surface area contributed by atoms with E-state index in [0.29, 0.717) is 16.9 Å². The fourth-order valence-electron chi connectivity index (χ4n) is 5.00. The molecule has 4 rings (SSSR count). The molecule has 1 aliphatic rings. The molecule has 1 aliphatic heterocycles. The van der Waals surface area contributed by atoms with Crippen LogP contribution in [0.15, 0.2) is 72.8 Å². The van der Waals surface area contributed by atoms with Crippen molar-refractivity contribution in [3.05, 3.63) is 95.3 Å². The standard InChI is InChI=1S/C30H34FNO5/c1-35-28(22-7-4-3-5-8-22)30(34)37-27(25-9-6-10-26(33)29(25)36-2)23-16-19-32(20-17-23)18-15-21-11-13-24(31)14-12-21/h3-14,23,27-28,33H,15-20H2,1-2H3/t27?,28-/m0/s1. The van der Waals surface area contributed by atoms with Crippen molar-refractivity contribution >= 4 is 5.97 Å². The molecule has 0 bridgehead atoms. The minimum Gasteiger partial charge on any atom is -0.504 e. The van der Waals surface area contributed by atoms with Gasteiger partial charge in [-0.2, -0.15) is 0 Å². The first-order chi connectivity index (χ1) is 18.0. The molecule has 3 aromatic carbocycles. The van der Waals surface area contributed by atoms with Crippen LogP contribution in [-0.2, 0) is 20.7 Å². The fraction of sp³-hybridized carbons (Fsp3) is 0.367. The monoisotopic (exact) mass is 507 g/mol. The summed E-state index contributed by atoms with van der Waals surface area (Å²) in [4.78, 5) is 15.7. The first-order valence-electron chi connectivity index (χ1n) is 12.6. The topological polar surface area (TPSA) is 68.2 Å². The van der Waals surface area contributed by atoms with Gasteiger partial charge < -0.3 is 24.2 Å². The summed E-state index contributed by atoms with van der Waals surface area (Å²) < 4.78 is 30.4. The molecular formula is C30H34FNO5. The number of carbonyl (C=O) groups excluding carboxylic acids is 1. The Morgan fingerprint density at radius 3 is 2.35 bits per heavy atom. The molecule has 37 heavy (non-hydrogen) atoms. The Balaban J connectivity index is 1.49. The van der Waals surface area contributed by atoms with E-state index >= 15 is 0 Å². The van der Waals surface area contributed by atoms with Crippen molar-refractivity contribution in [2.24, 2.45) is 5.92 Å². The maximum atomic E-state index is 13.3. The number of ether oxygens (including phenoxy) is 3. The Morgan fingerprint density at radius 2 is 1.70 bits per heavy atom. The Morgan fingerprint density at radius 1 is 1.00 bits per heavy atom. The lowest BCUT2D eigenvalue weighted by Gasteiger charge is -2.36. The highest BCUT2D eigenvalue weighted by Gasteiger charge is 2.35. The van der Waals surface area contributed by atoms with E-state index in [4.69, 9.17) is 14.2 Å². The van der Waals surface area contributed by atoms with Crippen LogP contribution in [0.4, 0.5) is 4.39 Å². The number of benzene rings is 3. The summed E-state index contributed by atoms with van der Waals surface area (Å²) in [5.41, 5.74) is 2.46. The van der Waals surface area contributed by atoms with Crippen molar-refractivity contribution in [2.45, 2.75) is 31.5 Å². The lowest BCUT2D eigenvalue weighted by molar-refractivity contribution is -0.166. The number of aromatic hydroxyl groups is 1. The molecule has 0 radical (unpaired) electrons. The number of esters is 1. The normalized spacial score (nSPS) is 16.2. The number of likely N-dealkylation sites (tertiary alicyclic amines) is 1. The van der Waals surface area contributed by atoms with Crippen molar-refractivity contribution in [3.63, 3.8) is 0 Å². The molecule has 0 aliphatic carbocycles. The minimum absolute atomic E-state index is 0.00383. The van der Waals surface area contributed by atoms with E-state index in [-0.39, 0.29) is 17.5 Å². The van der Waals surface area contributed by atoms with E-state index in [1.54, 1.807) is 12.1 Å². The van der Waals surface area contributed by atoms with Crippen molar-refractivity contribution in [1.29, 1.82) is 0 Å². The van der Waals surface area contributed by atoms with Gasteiger partial charge in [-0.05, 0) is 61.7 Å². The second-order valence-corrected chi connectivity index (χ2v) is 9.34. The molecule has 2 atom stereocenters. The van der Waals surface area contributed by atoms with Gasteiger partial charge in [-0.25, -0.2) is 9.18 Å². The van der Waals surface area contributed by atoms with Gasteiger partial charge >= 0.3 is 5.97 Å². The highest BCUT2D eigenvalue weighted by Crippen LogP contribution is 2.42. The predicted octanol–water partition coefficient (Wildman–Crippen LogP) is 5.47. The number of nitrogens with zero attached hydrogens (tertiary/aromatic N) is 1. The Kier molecular flexibility index (Phi) is 9.14. The molecule has 1 unspecified atom stereocenters. The van der Waals surface area contributed by atoms with Crippen LogP contribution in [0.1, 0.15) is 41.7 Å². The van der Waals surface area contributed by atoms with Crippen LogP contribution in [0.2, 0.25) is 0 Å². The lowest BCUT2D eigenvalue weighted by atomic mass is 9.86. The highest BCUT2D eigenvalue weighted by molar-refractivity contribution is 5.77. The average molecular weight is 508 g/mol. The largest absolute Gasteiger partial charge is 0.504 e. The summed E-state index contributed by atoms with van der Waals surface area (Å²) in [6.45, 7) is 2.55. The number of hydrogen-bond acceptors (Lipinski definition) is 6. The summed E-state index contributed by atoms with van der Waals surface area (Å²) in [6, 6.07) is 21.0. The summed E-state index contributed by atoms with van der Waals surface area (Å²) in [7, 11) is 2.99. The number of phenols is 1. The fourth-order valence-corrected chi connectivity index (χ4v) is 5.00. The summed E-state index contributed by atoms with van der Waals surface area (Å²) in [5, 5.41) is 10.4. The van der Waals surface area contributed by atoms with E-state index in [9.17, 15) is 14.3 Å². The van der Waals surface area contributed by atoms with Crippen LogP contribution in [-0.4, -0.2) is 49.8 Å². The minimum atomic E-state index is -0.859. The predicted molar refractivity (Wildman–Crippen MR) is 139 cm³/mol. The molecular weight excluding hydrogens is 473 g/mol. The molecule has 0 spiro atoms. The summed E-state index contributed by atoms with van der Waals surface area (Å²) in [5.74, 6) is -0.356. The quantitative estimate of drug-likeness (QED) is 0.367. The highest BCUT2D eigenvalue weighted by atomic mass is 19.1. The molecule has 1 fully saturated rings. The zero-order valence-corrected chi connectivity index (χ0v) is 21.3. The molecule has 1 heterocycles. The van der Waals surface area contributed by atoms with E-state index in [2.05, 4.69) is 4.90 Å². The number of hydrogen-bond donors (Lipinski definition) is 1. The number of carbonyl (C=O) groups is 1. The third kappa shape index (κ3) is 6.67. The summed E-state index contributed by atoms with van der Waals surface area (Å²) in [6.07, 6.45) is 1.00. The number of methoxy groups -OCH3 is 2. The van der Waals surface area contributed by atoms with Gasteiger partial charge in [0.1, 0.15) is 11.9 Å². The van der Waals surface area contributed by atoms with E-state index in [0.717, 1.165) is 44.5 Å². The number of rotatable bonds is 10. The summed E-state index contributed by atoms with van der Waals surface area (Å²) >= 11 is 0. The van der Waals surface area contributed by atoms with Crippen molar-refractivity contribution in [1.82, 2.24) is 4.90 Å². The first kappa shape index (κ1) is 26.6. The number of para-hydroxylation sites is 1. The molecule has 7 heteroatoms. The third-order valence-corrected chi connectivity index (χ3v) is 7.02. The van der Waals surface area contributed by atoms with E-state index in [1.807, 2.05) is 48.5 Å².